The lowest BCUT2D eigenvalue weighted by Crippen LogP contribution is -2.51. The van der Waals surface area contributed by atoms with Crippen LogP contribution in [0.3, 0.4) is 0 Å². The number of likely N-dealkylation sites (tertiary alicyclic amines) is 1. The molecule has 2 aliphatic rings. The Morgan fingerprint density at radius 1 is 1.21 bits per heavy atom. The number of piperidine rings is 1. The van der Waals surface area contributed by atoms with Gasteiger partial charge in [0.1, 0.15) is 0 Å². The topological polar surface area (TPSA) is 15.3 Å². The molecule has 2 heteroatoms. The molecule has 2 heterocycles. The van der Waals surface area contributed by atoms with Crippen molar-refractivity contribution in [3.63, 3.8) is 0 Å². The first kappa shape index (κ1) is 10.4. The van der Waals surface area contributed by atoms with E-state index in [0.717, 1.165) is 5.92 Å². The van der Waals surface area contributed by atoms with Crippen molar-refractivity contribution in [2.24, 2.45) is 5.92 Å². The predicted molar refractivity (Wildman–Crippen MR) is 60.5 cm³/mol. The lowest BCUT2D eigenvalue weighted by atomic mass is 9.85. The Kier molecular flexibility index (Phi) is 3.13. The molecule has 0 radical (unpaired) electrons. The molecule has 0 saturated carbocycles. The van der Waals surface area contributed by atoms with Gasteiger partial charge in [-0.1, -0.05) is 13.8 Å². The van der Waals surface area contributed by atoms with Crippen molar-refractivity contribution in [2.45, 2.75) is 45.1 Å². The zero-order valence-electron chi connectivity index (χ0n) is 9.68. The Morgan fingerprint density at radius 2 is 1.93 bits per heavy atom. The molecule has 0 bridgehead atoms. The summed E-state index contributed by atoms with van der Waals surface area (Å²) in [6, 6.07) is 0. The molecule has 2 nitrogen and oxygen atoms in total. The maximum atomic E-state index is 3.48. The van der Waals surface area contributed by atoms with E-state index in [1.165, 1.54) is 51.9 Å². The van der Waals surface area contributed by atoms with Crippen LogP contribution in [0.15, 0.2) is 0 Å². The van der Waals surface area contributed by atoms with Gasteiger partial charge in [0.2, 0.25) is 0 Å². The van der Waals surface area contributed by atoms with Crippen LogP contribution in [-0.4, -0.2) is 36.6 Å². The van der Waals surface area contributed by atoms with Gasteiger partial charge in [0, 0.05) is 12.1 Å². The molecule has 82 valence electrons. The van der Waals surface area contributed by atoms with Gasteiger partial charge in [0.25, 0.3) is 0 Å². The molecule has 0 atom stereocenters. The highest BCUT2D eigenvalue weighted by molar-refractivity contribution is 4.98. The standard InChI is InChI=1S/C12H24N2/c1-11(2)10-14-9-3-4-12(14)5-7-13-8-6-12/h11,13H,3-10H2,1-2H3. The quantitative estimate of drug-likeness (QED) is 0.725. The average Bonchev–Trinajstić information content (AvgIpc) is 2.50. The van der Waals surface area contributed by atoms with Crippen LogP contribution in [0.1, 0.15) is 39.5 Å². The van der Waals surface area contributed by atoms with Gasteiger partial charge in [-0.3, -0.25) is 4.90 Å². The van der Waals surface area contributed by atoms with E-state index < -0.39 is 0 Å². The minimum atomic E-state index is 0.593. The first-order valence-electron chi connectivity index (χ1n) is 6.19. The number of hydrogen-bond acceptors (Lipinski definition) is 2. The molecular weight excluding hydrogens is 172 g/mol. The summed E-state index contributed by atoms with van der Waals surface area (Å²) in [4.78, 5) is 2.78. The SMILES string of the molecule is CC(C)CN1CCCC12CCNCC2. The molecule has 0 unspecified atom stereocenters. The molecule has 0 aliphatic carbocycles. The molecule has 14 heavy (non-hydrogen) atoms. The summed E-state index contributed by atoms with van der Waals surface area (Å²) >= 11 is 0. The molecule has 0 aromatic carbocycles. The van der Waals surface area contributed by atoms with Crippen molar-refractivity contribution in [3.05, 3.63) is 0 Å². The number of nitrogens with zero attached hydrogens (tertiary/aromatic N) is 1. The highest BCUT2D eigenvalue weighted by Crippen LogP contribution is 2.36. The number of rotatable bonds is 2. The maximum absolute atomic E-state index is 3.48. The van der Waals surface area contributed by atoms with E-state index in [1.807, 2.05) is 0 Å². The predicted octanol–water partition coefficient (Wildman–Crippen LogP) is 1.86. The van der Waals surface area contributed by atoms with Crippen LogP contribution in [0.5, 0.6) is 0 Å². The van der Waals surface area contributed by atoms with Gasteiger partial charge in [-0.15, -0.1) is 0 Å². The second-order valence-electron chi connectivity index (χ2n) is 5.42. The van der Waals surface area contributed by atoms with E-state index in [2.05, 4.69) is 24.1 Å². The third-order valence-electron chi connectivity index (χ3n) is 3.86. The second-order valence-corrected chi connectivity index (χ2v) is 5.42. The van der Waals surface area contributed by atoms with E-state index in [0.29, 0.717) is 5.54 Å². The van der Waals surface area contributed by atoms with Gasteiger partial charge < -0.3 is 5.32 Å². The van der Waals surface area contributed by atoms with Crippen molar-refractivity contribution in [1.29, 1.82) is 0 Å². The Morgan fingerprint density at radius 3 is 2.57 bits per heavy atom. The summed E-state index contributed by atoms with van der Waals surface area (Å²) in [5.74, 6) is 0.819. The smallest absolute Gasteiger partial charge is 0.0234 e. The highest BCUT2D eigenvalue weighted by atomic mass is 15.2. The molecule has 2 aliphatic heterocycles. The maximum Gasteiger partial charge on any atom is 0.0234 e. The molecule has 2 saturated heterocycles. The number of hydrogen-bond donors (Lipinski definition) is 1. The lowest BCUT2D eigenvalue weighted by Gasteiger charge is -2.42. The molecule has 1 spiro atoms. The molecule has 2 fully saturated rings. The van der Waals surface area contributed by atoms with Gasteiger partial charge >= 0.3 is 0 Å². The summed E-state index contributed by atoms with van der Waals surface area (Å²) in [6.45, 7) is 9.79. The highest BCUT2D eigenvalue weighted by Gasteiger charge is 2.41. The summed E-state index contributed by atoms with van der Waals surface area (Å²) in [7, 11) is 0. The van der Waals surface area contributed by atoms with Crippen LogP contribution in [0, 0.1) is 5.92 Å². The monoisotopic (exact) mass is 196 g/mol. The third-order valence-corrected chi connectivity index (χ3v) is 3.86. The van der Waals surface area contributed by atoms with Crippen LogP contribution in [0.2, 0.25) is 0 Å². The second kappa shape index (κ2) is 4.19. The number of nitrogens with one attached hydrogen (secondary N) is 1. The van der Waals surface area contributed by atoms with E-state index in [1.54, 1.807) is 0 Å². The van der Waals surface area contributed by atoms with Gasteiger partial charge in [-0.2, -0.15) is 0 Å². The van der Waals surface area contributed by atoms with Crippen LogP contribution >= 0.6 is 0 Å². The van der Waals surface area contributed by atoms with Crippen LogP contribution in [0.25, 0.3) is 0 Å². The van der Waals surface area contributed by atoms with E-state index in [-0.39, 0.29) is 0 Å². The van der Waals surface area contributed by atoms with Crippen LogP contribution < -0.4 is 5.32 Å². The Bertz CT molecular complexity index is 183. The molecule has 1 N–H and O–H groups in total. The van der Waals surface area contributed by atoms with E-state index in [9.17, 15) is 0 Å². The fourth-order valence-corrected chi connectivity index (χ4v) is 3.18. The zero-order valence-corrected chi connectivity index (χ0v) is 9.68. The summed E-state index contributed by atoms with van der Waals surface area (Å²) in [6.07, 6.45) is 5.62. The van der Waals surface area contributed by atoms with Gasteiger partial charge in [-0.25, -0.2) is 0 Å². The van der Waals surface area contributed by atoms with Crippen molar-refractivity contribution in [2.75, 3.05) is 26.2 Å². The summed E-state index contributed by atoms with van der Waals surface area (Å²) in [5, 5.41) is 3.48. The van der Waals surface area contributed by atoms with Crippen molar-refractivity contribution in [1.82, 2.24) is 10.2 Å². The largest absolute Gasteiger partial charge is 0.317 e. The van der Waals surface area contributed by atoms with Gasteiger partial charge in [0.05, 0.1) is 0 Å². The molecule has 0 amide bonds. The molecular formula is C12H24N2. The molecule has 2 rings (SSSR count). The Balaban J connectivity index is 2.00. The minimum Gasteiger partial charge on any atom is -0.317 e. The fourth-order valence-electron chi connectivity index (χ4n) is 3.18. The van der Waals surface area contributed by atoms with Gasteiger partial charge in [-0.05, 0) is 51.2 Å². The Labute approximate surface area is 88.1 Å². The van der Waals surface area contributed by atoms with Gasteiger partial charge in [0.15, 0.2) is 0 Å². The van der Waals surface area contributed by atoms with Crippen LogP contribution in [0.4, 0.5) is 0 Å². The minimum absolute atomic E-state index is 0.593. The van der Waals surface area contributed by atoms with Crippen molar-refractivity contribution < 1.29 is 0 Å². The zero-order chi connectivity index (χ0) is 10.0. The summed E-state index contributed by atoms with van der Waals surface area (Å²) < 4.78 is 0. The average molecular weight is 196 g/mol. The first-order valence-corrected chi connectivity index (χ1v) is 6.19. The Hall–Kier alpha value is -0.0800. The molecule has 0 aromatic rings. The van der Waals surface area contributed by atoms with Crippen molar-refractivity contribution in [3.8, 4) is 0 Å². The van der Waals surface area contributed by atoms with E-state index in [4.69, 9.17) is 0 Å². The fraction of sp³-hybridized carbons (Fsp3) is 1.00. The summed E-state index contributed by atoms with van der Waals surface area (Å²) in [5.41, 5.74) is 0.593. The van der Waals surface area contributed by atoms with Crippen molar-refractivity contribution >= 4 is 0 Å². The van der Waals surface area contributed by atoms with Crippen LogP contribution in [-0.2, 0) is 0 Å². The van der Waals surface area contributed by atoms with E-state index >= 15 is 0 Å². The first-order chi connectivity index (χ1) is 6.73. The third kappa shape index (κ3) is 1.96. The molecule has 0 aromatic heterocycles. The normalized spacial score (nSPS) is 27.6. The lowest BCUT2D eigenvalue weighted by molar-refractivity contribution is 0.0881.